The minimum Gasteiger partial charge on any atom is -0.382 e. The summed E-state index contributed by atoms with van der Waals surface area (Å²) < 4.78 is 9.84. The van der Waals surface area contributed by atoms with Gasteiger partial charge in [-0.1, -0.05) is 15.9 Å². The van der Waals surface area contributed by atoms with Crippen molar-refractivity contribution in [3.63, 3.8) is 0 Å². The monoisotopic (exact) mass is 188 g/mol. The molecule has 2 atom stereocenters. The number of hydrogen-bond donors (Lipinski definition) is 2. The lowest BCUT2D eigenvalue weighted by Crippen LogP contribution is -1.99. The van der Waals surface area contributed by atoms with Gasteiger partial charge in [-0.3, -0.25) is 4.57 Å². The van der Waals surface area contributed by atoms with E-state index < -0.39 is 13.9 Å². The average molecular weight is 189 g/mol. The minimum absolute atomic E-state index is 0.168. The first kappa shape index (κ1) is 7.63. The van der Waals surface area contributed by atoms with Crippen molar-refractivity contribution in [2.24, 2.45) is 0 Å². The maximum atomic E-state index is 9.84. The van der Waals surface area contributed by atoms with Gasteiger partial charge in [0, 0.05) is 5.33 Å². The normalized spacial score (nSPS) is 18.7. The maximum Gasteiger partial charge on any atom is 0.217 e. The molecule has 44 valence electrons. The quantitative estimate of drug-likeness (QED) is 0.480. The SMILES string of the molecule is O=[PH](O)C(O)CBr. The van der Waals surface area contributed by atoms with Gasteiger partial charge in [0.25, 0.3) is 0 Å². The highest BCUT2D eigenvalue weighted by Crippen LogP contribution is 2.20. The number of rotatable bonds is 2. The van der Waals surface area contributed by atoms with Crippen molar-refractivity contribution in [1.82, 2.24) is 0 Å². The Morgan fingerprint density at radius 3 is 2.29 bits per heavy atom. The molecule has 0 spiro atoms. The van der Waals surface area contributed by atoms with E-state index in [0.29, 0.717) is 0 Å². The van der Waals surface area contributed by atoms with Gasteiger partial charge in [-0.2, -0.15) is 0 Å². The molecule has 0 saturated carbocycles. The summed E-state index contributed by atoms with van der Waals surface area (Å²) in [7, 11) is -2.70. The summed E-state index contributed by atoms with van der Waals surface area (Å²) in [5.41, 5.74) is 0. The molecule has 0 aliphatic carbocycles. The molecule has 0 aliphatic heterocycles. The number of aliphatic hydroxyl groups is 1. The van der Waals surface area contributed by atoms with Crippen molar-refractivity contribution < 1.29 is 14.6 Å². The molecule has 0 aliphatic rings. The van der Waals surface area contributed by atoms with Gasteiger partial charge in [0.05, 0.1) is 0 Å². The van der Waals surface area contributed by atoms with Crippen LogP contribution in [0.5, 0.6) is 0 Å². The van der Waals surface area contributed by atoms with E-state index in [1.165, 1.54) is 0 Å². The Hall–Kier alpha value is 0.630. The van der Waals surface area contributed by atoms with Crippen molar-refractivity contribution in [3.8, 4) is 0 Å². The molecule has 0 aromatic carbocycles. The van der Waals surface area contributed by atoms with Crippen LogP contribution in [-0.2, 0) is 4.57 Å². The van der Waals surface area contributed by atoms with E-state index in [-0.39, 0.29) is 5.33 Å². The Morgan fingerprint density at radius 2 is 2.29 bits per heavy atom. The van der Waals surface area contributed by atoms with Gasteiger partial charge in [0.1, 0.15) is 5.85 Å². The lowest BCUT2D eigenvalue weighted by molar-refractivity contribution is 0.262. The molecule has 0 amide bonds. The lowest BCUT2D eigenvalue weighted by Gasteiger charge is -1.96. The van der Waals surface area contributed by atoms with E-state index in [2.05, 4.69) is 15.9 Å². The molecule has 2 unspecified atom stereocenters. The van der Waals surface area contributed by atoms with Crippen molar-refractivity contribution in [2.75, 3.05) is 5.33 Å². The third-order valence-electron chi connectivity index (χ3n) is 0.431. The molecule has 0 aromatic rings. The topological polar surface area (TPSA) is 57.5 Å². The van der Waals surface area contributed by atoms with Gasteiger partial charge in [-0.15, -0.1) is 0 Å². The van der Waals surface area contributed by atoms with Crippen LogP contribution in [0.3, 0.4) is 0 Å². The van der Waals surface area contributed by atoms with Crippen LogP contribution < -0.4 is 0 Å². The molecule has 7 heavy (non-hydrogen) atoms. The second-order valence-electron chi connectivity index (χ2n) is 1.01. The van der Waals surface area contributed by atoms with E-state index in [0.717, 1.165) is 0 Å². The van der Waals surface area contributed by atoms with E-state index in [4.69, 9.17) is 10.00 Å². The summed E-state index contributed by atoms with van der Waals surface area (Å²) in [5, 5.41) is 8.54. The standard InChI is InChI=1S/C2H6BrO3P/c3-1-2(4)7(5)6/h2,4,7H,1H2,(H,5,6). The predicted octanol–water partition coefficient (Wildman–Crippen LogP) is 0.167. The first-order valence-corrected chi connectivity index (χ1v) is 4.20. The van der Waals surface area contributed by atoms with Crippen molar-refractivity contribution in [1.29, 1.82) is 0 Å². The zero-order chi connectivity index (χ0) is 5.86. The van der Waals surface area contributed by atoms with Gasteiger partial charge < -0.3 is 10.00 Å². The highest BCUT2D eigenvalue weighted by molar-refractivity contribution is 9.09. The highest BCUT2D eigenvalue weighted by atomic mass is 79.9. The van der Waals surface area contributed by atoms with E-state index in [1.54, 1.807) is 0 Å². The summed E-state index contributed by atoms with van der Waals surface area (Å²) in [6, 6.07) is 0. The third kappa shape index (κ3) is 3.23. The second-order valence-corrected chi connectivity index (χ2v) is 3.00. The average Bonchev–Trinajstić information content (AvgIpc) is 1.65. The molecule has 0 heterocycles. The van der Waals surface area contributed by atoms with Gasteiger partial charge in [0.2, 0.25) is 8.03 Å². The second kappa shape index (κ2) is 3.61. The zero-order valence-corrected chi connectivity index (χ0v) is 6.05. The number of hydrogen-bond acceptors (Lipinski definition) is 2. The van der Waals surface area contributed by atoms with Crippen LogP contribution in [0.15, 0.2) is 0 Å². The van der Waals surface area contributed by atoms with Crippen LogP contribution in [0, 0.1) is 0 Å². The largest absolute Gasteiger partial charge is 0.382 e. The van der Waals surface area contributed by atoms with Crippen molar-refractivity contribution in [3.05, 3.63) is 0 Å². The van der Waals surface area contributed by atoms with Crippen LogP contribution in [0.1, 0.15) is 0 Å². The Bertz CT molecular complexity index is 75.3. The summed E-state index contributed by atoms with van der Waals surface area (Å²) in [6.07, 6.45) is 0. The molecule has 0 aromatic heterocycles. The smallest absolute Gasteiger partial charge is 0.217 e. The fourth-order valence-corrected chi connectivity index (χ4v) is 1.03. The molecule has 0 bridgehead atoms. The molecule has 0 radical (unpaired) electrons. The van der Waals surface area contributed by atoms with E-state index in [9.17, 15) is 4.57 Å². The highest BCUT2D eigenvalue weighted by Gasteiger charge is 2.04. The van der Waals surface area contributed by atoms with E-state index >= 15 is 0 Å². The summed E-state index contributed by atoms with van der Waals surface area (Å²) in [4.78, 5) is 8.09. The van der Waals surface area contributed by atoms with Gasteiger partial charge in [0.15, 0.2) is 0 Å². The zero-order valence-electron chi connectivity index (χ0n) is 3.47. The van der Waals surface area contributed by atoms with E-state index in [1.807, 2.05) is 0 Å². The Labute approximate surface area is 50.4 Å². The van der Waals surface area contributed by atoms with Crippen LogP contribution >= 0.6 is 24.0 Å². The minimum atomic E-state index is -2.70. The molecule has 0 saturated heterocycles. The van der Waals surface area contributed by atoms with Crippen LogP contribution in [0.25, 0.3) is 0 Å². The predicted molar refractivity (Wildman–Crippen MR) is 31.0 cm³/mol. The van der Waals surface area contributed by atoms with Gasteiger partial charge >= 0.3 is 0 Å². The molecule has 3 nitrogen and oxygen atoms in total. The van der Waals surface area contributed by atoms with Gasteiger partial charge in [-0.05, 0) is 0 Å². The fourth-order valence-electron chi connectivity index (χ4n) is 0.0660. The molecule has 0 rings (SSSR count). The molecule has 0 fully saturated rings. The number of alkyl halides is 1. The first-order valence-electron chi connectivity index (χ1n) is 1.65. The summed E-state index contributed by atoms with van der Waals surface area (Å²) >= 11 is 2.83. The Morgan fingerprint density at radius 1 is 1.86 bits per heavy atom. The maximum absolute atomic E-state index is 9.84. The van der Waals surface area contributed by atoms with Crippen LogP contribution in [0.4, 0.5) is 0 Å². The lowest BCUT2D eigenvalue weighted by atomic mass is 10.9. The molecule has 5 heteroatoms. The fraction of sp³-hybridized carbons (Fsp3) is 1.00. The van der Waals surface area contributed by atoms with Crippen LogP contribution in [0.2, 0.25) is 0 Å². The Balaban J connectivity index is 3.34. The Kier molecular flexibility index (Phi) is 3.93. The summed E-state index contributed by atoms with van der Waals surface area (Å²) in [5.74, 6) is -1.08. The van der Waals surface area contributed by atoms with Gasteiger partial charge in [-0.25, -0.2) is 0 Å². The molecule has 2 N–H and O–H groups in total. The third-order valence-corrected chi connectivity index (χ3v) is 2.42. The summed E-state index contributed by atoms with van der Waals surface area (Å²) in [6.45, 7) is 0. The first-order chi connectivity index (χ1) is 3.18. The molecular formula is C2H6BrO3P. The number of aliphatic hydroxyl groups excluding tert-OH is 1. The number of halogens is 1. The van der Waals surface area contributed by atoms with Crippen molar-refractivity contribution >= 4 is 24.0 Å². The van der Waals surface area contributed by atoms with Crippen molar-refractivity contribution in [2.45, 2.75) is 5.85 Å². The molecular weight excluding hydrogens is 183 g/mol. The van der Waals surface area contributed by atoms with Crippen LogP contribution in [-0.4, -0.2) is 21.2 Å².